The van der Waals surface area contributed by atoms with Gasteiger partial charge in [0, 0.05) is 13.1 Å². The molecule has 1 aromatic rings. The molecule has 8 heteroatoms. The Hall–Kier alpha value is -2.25. The van der Waals surface area contributed by atoms with E-state index in [2.05, 4.69) is 5.32 Å². The van der Waals surface area contributed by atoms with Gasteiger partial charge in [-0.15, -0.1) is 0 Å². The Morgan fingerprint density at radius 2 is 1.96 bits per heavy atom. The van der Waals surface area contributed by atoms with Gasteiger partial charge in [-0.2, -0.15) is 13.2 Å². The van der Waals surface area contributed by atoms with Crippen molar-refractivity contribution in [3.05, 3.63) is 24.3 Å². The van der Waals surface area contributed by atoms with Crippen LogP contribution in [0.5, 0.6) is 5.75 Å². The predicted octanol–water partition coefficient (Wildman–Crippen LogP) is 3.21. The van der Waals surface area contributed by atoms with Gasteiger partial charge in [-0.1, -0.05) is 12.1 Å². The molecule has 0 radical (unpaired) electrons. The van der Waals surface area contributed by atoms with Gasteiger partial charge in [-0.3, -0.25) is 9.59 Å². The first kappa shape index (κ1) is 19.1. The Labute approximate surface area is 144 Å². The standard InChI is InChI=1S/C17H21F3N2O3/c1-11(2)25-14-8-4-3-7-13(14)21-15(23)12-6-5-9-22(10-12)16(24)17(18,19)20/h3-4,7-8,11-12H,5-6,9-10H2,1-2H3,(H,21,23). The lowest BCUT2D eigenvalue weighted by Crippen LogP contribution is -2.48. The number of amides is 2. The Balaban J connectivity index is 2.05. The second kappa shape index (κ2) is 7.76. The molecule has 1 N–H and O–H groups in total. The van der Waals surface area contributed by atoms with Crippen molar-refractivity contribution in [1.82, 2.24) is 4.90 Å². The van der Waals surface area contributed by atoms with Gasteiger partial charge in [0.2, 0.25) is 5.91 Å². The zero-order valence-electron chi connectivity index (χ0n) is 14.1. The number of hydrogen-bond acceptors (Lipinski definition) is 3. The predicted molar refractivity (Wildman–Crippen MR) is 86.2 cm³/mol. The highest BCUT2D eigenvalue weighted by atomic mass is 19.4. The Morgan fingerprint density at radius 3 is 2.60 bits per heavy atom. The van der Waals surface area contributed by atoms with Crippen LogP contribution in [0, 0.1) is 5.92 Å². The lowest BCUT2D eigenvalue weighted by molar-refractivity contribution is -0.187. The number of rotatable bonds is 4. The topological polar surface area (TPSA) is 58.6 Å². The molecule has 138 valence electrons. The summed E-state index contributed by atoms with van der Waals surface area (Å²) in [5, 5.41) is 2.70. The van der Waals surface area contributed by atoms with Crippen molar-refractivity contribution in [1.29, 1.82) is 0 Å². The van der Waals surface area contributed by atoms with Gasteiger partial charge in [0.15, 0.2) is 0 Å². The third kappa shape index (κ3) is 5.11. The van der Waals surface area contributed by atoms with E-state index in [1.54, 1.807) is 24.3 Å². The minimum absolute atomic E-state index is 0.00910. The molecule has 1 saturated heterocycles. The number of piperidine rings is 1. The molecule has 1 aliphatic heterocycles. The van der Waals surface area contributed by atoms with Crippen molar-refractivity contribution >= 4 is 17.5 Å². The Bertz CT molecular complexity index is 632. The van der Waals surface area contributed by atoms with Gasteiger partial charge in [-0.05, 0) is 38.8 Å². The summed E-state index contributed by atoms with van der Waals surface area (Å²) in [5.41, 5.74) is 0.459. The maximum atomic E-state index is 12.6. The molecule has 5 nitrogen and oxygen atoms in total. The fourth-order valence-corrected chi connectivity index (χ4v) is 2.72. The maximum absolute atomic E-state index is 12.6. The van der Waals surface area contributed by atoms with E-state index in [-0.39, 0.29) is 19.2 Å². The fraction of sp³-hybridized carbons (Fsp3) is 0.529. The summed E-state index contributed by atoms with van der Waals surface area (Å²) in [6, 6.07) is 6.86. The Kier molecular flexibility index (Phi) is 5.92. The molecule has 25 heavy (non-hydrogen) atoms. The number of ether oxygens (including phenoxy) is 1. The lowest BCUT2D eigenvalue weighted by atomic mass is 9.97. The quantitative estimate of drug-likeness (QED) is 0.899. The number of nitrogens with zero attached hydrogens (tertiary/aromatic N) is 1. The summed E-state index contributed by atoms with van der Waals surface area (Å²) >= 11 is 0. The largest absolute Gasteiger partial charge is 0.489 e. The summed E-state index contributed by atoms with van der Waals surface area (Å²) in [7, 11) is 0. The third-order valence-corrected chi connectivity index (χ3v) is 3.83. The van der Waals surface area contributed by atoms with Crippen LogP contribution in [0.1, 0.15) is 26.7 Å². The van der Waals surface area contributed by atoms with Gasteiger partial charge >= 0.3 is 12.1 Å². The van der Waals surface area contributed by atoms with E-state index in [4.69, 9.17) is 4.74 Å². The van der Waals surface area contributed by atoms with Crippen molar-refractivity contribution in [3.8, 4) is 5.75 Å². The number of halogens is 3. The second-order valence-corrected chi connectivity index (χ2v) is 6.24. The monoisotopic (exact) mass is 358 g/mol. The number of para-hydroxylation sites is 2. The number of carbonyl (C=O) groups excluding carboxylic acids is 2. The maximum Gasteiger partial charge on any atom is 0.471 e. The molecule has 0 saturated carbocycles. The van der Waals surface area contributed by atoms with E-state index in [0.717, 1.165) is 0 Å². The first-order valence-electron chi connectivity index (χ1n) is 8.11. The number of carbonyl (C=O) groups is 2. The number of anilines is 1. The third-order valence-electron chi connectivity index (χ3n) is 3.83. The molecule has 0 aliphatic carbocycles. The van der Waals surface area contributed by atoms with Crippen molar-refractivity contribution in [3.63, 3.8) is 0 Å². The van der Waals surface area contributed by atoms with E-state index in [0.29, 0.717) is 29.2 Å². The van der Waals surface area contributed by atoms with Crippen molar-refractivity contribution in [2.24, 2.45) is 5.92 Å². The second-order valence-electron chi connectivity index (χ2n) is 6.24. The van der Waals surface area contributed by atoms with Gasteiger partial charge < -0.3 is 15.0 Å². The highest BCUT2D eigenvalue weighted by Crippen LogP contribution is 2.28. The molecular formula is C17H21F3N2O3. The zero-order valence-corrected chi connectivity index (χ0v) is 14.1. The van der Waals surface area contributed by atoms with Gasteiger partial charge in [0.25, 0.3) is 0 Å². The van der Waals surface area contributed by atoms with E-state index in [9.17, 15) is 22.8 Å². The van der Waals surface area contributed by atoms with Gasteiger partial charge in [-0.25, -0.2) is 0 Å². The molecule has 1 aromatic carbocycles. The van der Waals surface area contributed by atoms with Crippen molar-refractivity contribution in [2.45, 2.75) is 39.0 Å². The average molecular weight is 358 g/mol. The summed E-state index contributed by atoms with van der Waals surface area (Å²) in [6.45, 7) is 3.47. The highest BCUT2D eigenvalue weighted by molar-refractivity contribution is 5.94. The first-order valence-corrected chi connectivity index (χ1v) is 8.11. The zero-order chi connectivity index (χ0) is 18.6. The van der Waals surface area contributed by atoms with E-state index in [1.807, 2.05) is 13.8 Å². The van der Waals surface area contributed by atoms with Crippen LogP contribution in [0.4, 0.5) is 18.9 Å². The molecule has 2 amide bonds. The molecule has 0 aromatic heterocycles. The van der Waals surface area contributed by atoms with E-state index in [1.165, 1.54) is 0 Å². The molecule has 0 spiro atoms. The van der Waals surface area contributed by atoms with Crippen LogP contribution in [0.2, 0.25) is 0 Å². The molecule has 1 atom stereocenters. The minimum Gasteiger partial charge on any atom is -0.489 e. The smallest absolute Gasteiger partial charge is 0.471 e. The molecule has 1 fully saturated rings. The van der Waals surface area contributed by atoms with Crippen LogP contribution in [0.25, 0.3) is 0 Å². The summed E-state index contributed by atoms with van der Waals surface area (Å²) in [6.07, 6.45) is -4.23. The molecule has 0 bridgehead atoms. The number of likely N-dealkylation sites (tertiary alicyclic amines) is 1. The highest BCUT2D eigenvalue weighted by Gasteiger charge is 2.44. The Morgan fingerprint density at radius 1 is 1.28 bits per heavy atom. The van der Waals surface area contributed by atoms with E-state index < -0.39 is 23.9 Å². The number of alkyl halides is 3. The van der Waals surface area contributed by atoms with E-state index >= 15 is 0 Å². The van der Waals surface area contributed by atoms with Crippen molar-refractivity contribution < 1.29 is 27.5 Å². The van der Waals surface area contributed by atoms with Crippen molar-refractivity contribution in [2.75, 3.05) is 18.4 Å². The lowest BCUT2D eigenvalue weighted by Gasteiger charge is -2.32. The summed E-state index contributed by atoms with van der Waals surface area (Å²) < 4.78 is 43.3. The van der Waals surface area contributed by atoms with Gasteiger partial charge in [0.05, 0.1) is 17.7 Å². The first-order chi connectivity index (χ1) is 11.7. The molecule has 1 unspecified atom stereocenters. The molecule has 1 aliphatic rings. The average Bonchev–Trinajstić information content (AvgIpc) is 2.54. The molecular weight excluding hydrogens is 337 g/mol. The van der Waals surface area contributed by atoms with Gasteiger partial charge in [0.1, 0.15) is 5.75 Å². The summed E-state index contributed by atoms with van der Waals surface area (Å²) in [5.74, 6) is -2.51. The summed E-state index contributed by atoms with van der Waals surface area (Å²) in [4.78, 5) is 24.5. The number of nitrogens with one attached hydrogen (secondary N) is 1. The van der Waals surface area contributed by atoms with Crippen LogP contribution in [0.3, 0.4) is 0 Å². The SMILES string of the molecule is CC(C)Oc1ccccc1NC(=O)C1CCCN(C(=O)C(F)(F)F)C1. The fourth-order valence-electron chi connectivity index (χ4n) is 2.72. The van der Waals surface area contributed by atoms with Crippen LogP contribution < -0.4 is 10.1 Å². The number of benzene rings is 1. The van der Waals surface area contributed by atoms with Crippen LogP contribution in [-0.4, -0.2) is 42.1 Å². The molecule has 1 heterocycles. The van der Waals surface area contributed by atoms with Crippen LogP contribution in [-0.2, 0) is 9.59 Å². The molecule has 2 rings (SSSR count). The van der Waals surface area contributed by atoms with Crippen LogP contribution >= 0.6 is 0 Å². The normalized spacial score (nSPS) is 18.2. The number of hydrogen-bond donors (Lipinski definition) is 1. The van der Waals surface area contributed by atoms with Crippen LogP contribution in [0.15, 0.2) is 24.3 Å². The minimum atomic E-state index is -4.92.